The highest BCUT2D eigenvalue weighted by molar-refractivity contribution is 5.43. The maximum absolute atomic E-state index is 13.5. The fourth-order valence-electron chi connectivity index (χ4n) is 1.85. The van der Waals surface area contributed by atoms with Gasteiger partial charge in [-0.1, -0.05) is 17.9 Å². The molecule has 2 rings (SSSR count). The van der Waals surface area contributed by atoms with Gasteiger partial charge in [0.15, 0.2) is 0 Å². The summed E-state index contributed by atoms with van der Waals surface area (Å²) in [5, 5.41) is 8.64. The first kappa shape index (κ1) is 15.0. The summed E-state index contributed by atoms with van der Waals surface area (Å²) in [5.74, 6) is 4.61. The third kappa shape index (κ3) is 3.80. The second-order valence-corrected chi connectivity index (χ2v) is 4.43. The predicted octanol–water partition coefficient (Wildman–Crippen LogP) is 3.20. The van der Waals surface area contributed by atoms with Gasteiger partial charge >= 0.3 is 0 Å². The van der Waals surface area contributed by atoms with Crippen LogP contribution in [0.5, 0.6) is 5.75 Å². The summed E-state index contributed by atoms with van der Waals surface area (Å²) in [5.41, 5.74) is 1.45. The first-order valence-corrected chi connectivity index (χ1v) is 6.38. The van der Waals surface area contributed by atoms with Crippen molar-refractivity contribution in [2.75, 3.05) is 6.61 Å². The number of rotatable bonds is 3. The Morgan fingerprint density at radius 1 is 1.14 bits per heavy atom. The lowest BCUT2D eigenvalue weighted by atomic mass is 10.1. The van der Waals surface area contributed by atoms with Crippen molar-refractivity contribution in [2.45, 2.75) is 13.5 Å². The summed E-state index contributed by atoms with van der Waals surface area (Å²) < 4.78 is 32.5. The number of ether oxygens (including phenoxy) is 1. The highest BCUT2D eigenvalue weighted by Gasteiger charge is 2.09. The van der Waals surface area contributed by atoms with Crippen LogP contribution in [0.2, 0.25) is 0 Å². The number of aryl methyl sites for hydroxylation is 1. The van der Waals surface area contributed by atoms with Gasteiger partial charge < -0.3 is 9.84 Å². The quantitative estimate of drug-likeness (QED) is 0.879. The van der Waals surface area contributed by atoms with E-state index in [-0.39, 0.29) is 18.8 Å². The molecule has 0 saturated carbocycles. The van der Waals surface area contributed by atoms with E-state index in [1.54, 1.807) is 18.2 Å². The lowest BCUT2D eigenvalue weighted by molar-refractivity contribution is 0.290. The zero-order chi connectivity index (χ0) is 15.2. The average molecular weight is 288 g/mol. The van der Waals surface area contributed by atoms with Crippen molar-refractivity contribution < 1.29 is 18.6 Å². The van der Waals surface area contributed by atoms with Gasteiger partial charge in [-0.3, -0.25) is 0 Å². The van der Waals surface area contributed by atoms with Crippen LogP contribution in [-0.4, -0.2) is 11.7 Å². The maximum Gasteiger partial charge on any atom is 0.132 e. The van der Waals surface area contributed by atoms with Crippen LogP contribution in [0, 0.1) is 30.4 Å². The van der Waals surface area contributed by atoms with Gasteiger partial charge in [0.25, 0.3) is 0 Å². The number of halogens is 2. The monoisotopic (exact) mass is 288 g/mol. The number of aliphatic hydroxyl groups is 1. The lowest BCUT2D eigenvalue weighted by Crippen LogP contribution is -2.02. The minimum atomic E-state index is -0.627. The SMILES string of the molecule is Cc1cc(C#CCO)ccc1OCc1c(F)cccc1F. The molecule has 4 heteroatoms. The first-order valence-electron chi connectivity index (χ1n) is 6.38. The van der Waals surface area contributed by atoms with Gasteiger partial charge in [-0.2, -0.15) is 0 Å². The molecule has 0 aromatic heterocycles. The Morgan fingerprint density at radius 2 is 1.86 bits per heavy atom. The number of aliphatic hydroxyl groups excluding tert-OH is 1. The third-order valence-corrected chi connectivity index (χ3v) is 2.92. The lowest BCUT2D eigenvalue weighted by Gasteiger charge is -2.10. The second kappa shape index (κ2) is 6.87. The Kier molecular flexibility index (Phi) is 4.91. The minimum Gasteiger partial charge on any atom is -0.488 e. The van der Waals surface area contributed by atoms with Crippen LogP contribution in [0.15, 0.2) is 36.4 Å². The van der Waals surface area contributed by atoms with Gasteiger partial charge in [-0.05, 0) is 42.8 Å². The van der Waals surface area contributed by atoms with Gasteiger partial charge in [-0.15, -0.1) is 0 Å². The molecule has 108 valence electrons. The van der Waals surface area contributed by atoms with Crippen molar-refractivity contribution in [3.05, 3.63) is 64.7 Å². The molecule has 0 fully saturated rings. The zero-order valence-corrected chi connectivity index (χ0v) is 11.5. The van der Waals surface area contributed by atoms with E-state index in [9.17, 15) is 8.78 Å². The van der Waals surface area contributed by atoms with Crippen molar-refractivity contribution in [1.29, 1.82) is 0 Å². The molecule has 0 radical (unpaired) electrons. The molecule has 0 aliphatic carbocycles. The predicted molar refractivity (Wildman–Crippen MR) is 75.8 cm³/mol. The summed E-state index contributed by atoms with van der Waals surface area (Å²) >= 11 is 0. The van der Waals surface area contributed by atoms with E-state index in [1.165, 1.54) is 18.2 Å². The average Bonchev–Trinajstić information content (AvgIpc) is 2.46. The van der Waals surface area contributed by atoms with Crippen molar-refractivity contribution in [3.8, 4) is 17.6 Å². The topological polar surface area (TPSA) is 29.5 Å². The van der Waals surface area contributed by atoms with Gasteiger partial charge in [0.2, 0.25) is 0 Å². The highest BCUT2D eigenvalue weighted by Crippen LogP contribution is 2.21. The van der Waals surface area contributed by atoms with Crippen molar-refractivity contribution in [2.24, 2.45) is 0 Å². The standard InChI is InChI=1S/C17H14F2O2/c1-12-10-13(4-3-9-20)7-8-17(12)21-11-14-15(18)5-2-6-16(14)19/h2,5-8,10,20H,9,11H2,1H3. The largest absolute Gasteiger partial charge is 0.488 e. The Bertz CT molecular complexity index is 679. The Morgan fingerprint density at radius 3 is 2.48 bits per heavy atom. The molecule has 0 bridgehead atoms. The molecule has 0 unspecified atom stereocenters. The number of benzene rings is 2. The van der Waals surface area contributed by atoms with Gasteiger partial charge in [-0.25, -0.2) is 8.78 Å². The summed E-state index contributed by atoms with van der Waals surface area (Å²) in [6.45, 7) is 1.43. The van der Waals surface area contributed by atoms with E-state index in [0.717, 1.165) is 11.1 Å². The van der Waals surface area contributed by atoms with E-state index < -0.39 is 11.6 Å². The van der Waals surface area contributed by atoms with Crippen LogP contribution in [0.3, 0.4) is 0 Å². The van der Waals surface area contributed by atoms with Gasteiger partial charge in [0.1, 0.15) is 30.6 Å². The van der Waals surface area contributed by atoms with Crippen molar-refractivity contribution in [1.82, 2.24) is 0 Å². The molecule has 2 aromatic rings. The molecule has 0 amide bonds. The van der Waals surface area contributed by atoms with E-state index in [0.29, 0.717) is 5.75 Å². The fraction of sp³-hybridized carbons (Fsp3) is 0.176. The van der Waals surface area contributed by atoms with Crippen molar-refractivity contribution >= 4 is 0 Å². The molecule has 0 aliphatic rings. The molecule has 0 heterocycles. The molecule has 0 aliphatic heterocycles. The van der Waals surface area contributed by atoms with Crippen LogP contribution in [0.4, 0.5) is 8.78 Å². The summed E-state index contributed by atoms with van der Waals surface area (Å²) in [4.78, 5) is 0. The molecule has 0 atom stereocenters. The summed E-state index contributed by atoms with van der Waals surface area (Å²) in [7, 11) is 0. The van der Waals surface area contributed by atoms with Crippen LogP contribution >= 0.6 is 0 Å². The molecule has 1 N–H and O–H groups in total. The van der Waals surface area contributed by atoms with Gasteiger partial charge in [0.05, 0.1) is 5.56 Å². The van der Waals surface area contributed by atoms with Gasteiger partial charge in [0, 0.05) is 5.56 Å². The van der Waals surface area contributed by atoms with E-state index in [2.05, 4.69) is 11.8 Å². The Labute approximate surface area is 122 Å². The second-order valence-electron chi connectivity index (χ2n) is 4.43. The van der Waals surface area contributed by atoms with Crippen molar-refractivity contribution in [3.63, 3.8) is 0 Å². The first-order chi connectivity index (χ1) is 10.1. The summed E-state index contributed by atoms with van der Waals surface area (Å²) in [6, 6.07) is 8.91. The number of hydrogen-bond acceptors (Lipinski definition) is 2. The Hall–Kier alpha value is -2.38. The molecule has 2 aromatic carbocycles. The van der Waals surface area contributed by atoms with Crippen LogP contribution in [-0.2, 0) is 6.61 Å². The highest BCUT2D eigenvalue weighted by atomic mass is 19.1. The summed E-state index contributed by atoms with van der Waals surface area (Å²) in [6.07, 6.45) is 0. The fourth-order valence-corrected chi connectivity index (χ4v) is 1.85. The third-order valence-electron chi connectivity index (χ3n) is 2.92. The Balaban J connectivity index is 2.14. The molecular weight excluding hydrogens is 274 g/mol. The van der Waals surface area contributed by atoms with E-state index in [4.69, 9.17) is 9.84 Å². The maximum atomic E-state index is 13.5. The molecular formula is C17H14F2O2. The van der Waals surface area contributed by atoms with E-state index in [1.807, 2.05) is 6.92 Å². The van der Waals surface area contributed by atoms with Crippen LogP contribution in [0.25, 0.3) is 0 Å². The molecule has 0 spiro atoms. The zero-order valence-electron chi connectivity index (χ0n) is 11.5. The normalized spacial score (nSPS) is 9.90. The van der Waals surface area contributed by atoms with Crippen LogP contribution in [0.1, 0.15) is 16.7 Å². The molecule has 2 nitrogen and oxygen atoms in total. The van der Waals surface area contributed by atoms with E-state index >= 15 is 0 Å². The minimum absolute atomic E-state index is 0.0963. The van der Waals surface area contributed by atoms with Crippen LogP contribution < -0.4 is 4.74 Å². The smallest absolute Gasteiger partial charge is 0.132 e. The molecule has 0 saturated heterocycles. The molecule has 21 heavy (non-hydrogen) atoms. The number of hydrogen-bond donors (Lipinski definition) is 1.